The first-order chi connectivity index (χ1) is 13.0. The Morgan fingerprint density at radius 3 is 2.52 bits per heavy atom. The molecule has 0 unspecified atom stereocenters. The van der Waals surface area contributed by atoms with Crippen molar-refractivity contribution >= 4 is 40.0 Å². The van der Waals surface area contributed by atoms with E-state index in [9.17, 15) is 9.59 Å². The maximum atomic E-state index is 12.5. The van der Waals surface area contributed by atoms with Gasteiger partial charge >= 0.3 is 0 Å². The van der Waals surface area contributed by atoms with Gasteiger partial charge in [0.05, 0.1) is 11.3 Å². The van der Waals surface area contributed by atoms with Gasteiger partial charge < -0.3 is 5.32 Å². The zero-order valence-corrected chi connectivity index (χ0v) is 16.3. The van der Waals surface area contributed by atoms with Gasteiger partial charge in [0.1, 0.15) is 0 Å². The first-order valence-corrected chi connectivity index (χ1v) is 9.91. The number of para-hydroxylation sites is 1. The maximum Gasteiger partial charge on any atom is 0.224 e. The lowest BCUT2D eigenvalue weighted by Gasteiger charge is -2.08. The molecule has 1 amide bonds. The number of nitrogens with one attached hydrogen (secondary N) is 1. The quantitative estimate of drug-likeness (QED) is 0.454. The fourth-order valence-corrected chi connectivity index (χ4v) is 3.68. The summed E-state index contributed by atoms with van der Waals surface area (Å²) >= 11 is 1.52. The van der Waals surface area contributed by atoms with E-state index >= 15 is 0 Å². The van der Waals surface area contributed by atoms with Gasteiger partial charge in [-0.25, -0.2) is 0 Å². The van der Waals surface area contributed by atoms with Crippen LogP contribution in [0.4, 0.5) is 5.69 Å². The number of hydrogen-bond donors (Lipinski definition) is 1. The van der Waals surface area contributed by atoms with Crippen LogP contribution in [0.25, 0.3) is 10.9 Å². The van der Waals surface area contributed by atoms with Gasteiger partial charge in [0, 0.05) is 34.2 Å². The van der Waals surface area contributed by atoms with Crippen LogP contribution in [-0.4, -0.2) is 22.4 Å². The summed E-state index contributed by atoms with van der Waals surface area (Å²) in [6, 6.07) is 16.9. The molecule has 1 aromatic heterocycles. The number of amides is 1. The van der Waals surface area contributed by atoms with Crippen LogP contribution in [0.5, 0.6) is 0 Å². The molecule has 3 rings (SSSR count). The van der Waals surface area contributed by atoms with E-state index in [1.807, 2.05) is 44.2 Å². The molecule has 0 bridgehead atoms. The summed E-state index contributed by atoms with van der Waals surface area (Å²) in [5.74, 6) is 0.713. The highest BCUT2D eigenvalue weighted by molar-refractivity contribution is 8.00. The number of aromatic nitrogens is 1. The van der Waals surface area contributed by atoms with E-state index in [0.29, 0.717) is 29.3 Å². The topological polar surface area (TPSA) is 59.1 Å². The van der Waals surface area contributed by atoms with Crippen LogP contribution in [0.15, 0.2) is 65.7 Å². The average Bonchev–Trinajstić information content (AvgIpc) is 2.66. The van der Waals surface area contributed by atoms with Gasteiger partial charge in [-0.05, 0) is 42.3 Å². The molecule has 0 aliphatic rings. The minimum absolute atomic E-state index is 0.0100. The number of hydrogen-bond acceptors (Lipinski definition) is 4. The molecule has 0 saturated carbocycles. The molecule has 0 radical (unpaired) electrons. The highest BCUT2D eigenvalue weighted by Gasteiger charge is 2.10. The molecule has 4 nitrogen and oxygen atoms in total. The van der Waals surface area contributed by atoms with Crippen molar-refractivity contribution < 1.29 is 9.59 Å². The summed E-state index contributed by atoms with van der Waals surface area (Å²) < 4.78 is 0. The third-order valence-corrected chi connectivity index (χ3v) is 5.13. The number of Topliss-reactive ketones (excluding diaryl/α,β-unsaturated/α-hetero) is 1. The van der Waals surface area contributed by atoms with E-state index < -0.39 is 0 Å². The van der Waals surface area contributed by atoms with E-state index in [1.165, 1.54) is 11.8 Å². The van der Waals surface area contributed by atoms with E-state index in [2.05, 4.69) is 10.3 Å². The van der Waals surface area contributed by atoms with Gasteiger partial charge in [0.2, 0.25) is 5.91 Å². The summed E-state index contributed by atoms with van der Waals surface area (Å²) in [6.45, 7) is 4.01. The van der Waals surface area contributed by atoms with Crippen LogP contribution in [0.1, 0.15) is 30.6 Å². The third-order valence-electron chi connectivity index (χ3n) is 4.05. The second-order valence-corrected chi connectivity index (χ2v) is 7.78. The lowest BCUT2D eigenvalue weighted by molar-refractivity contribution is -0.116. The maximum absolute atomic E-state index is 12.5. The number of anilines is 1. The molecule has 1 heterocycles. The van der Waals surface area contributed by atoms with Crippen LogP contribution >= 0.6 is 11.8 Å². The molecular weight excluding hydrogens is 356 g/mol. The Kier molecular flexibility index (Phi) is 6.24. The summed E-state index contributed by atoms with van der Waals surface area (Å²) in [7, 11) is 0. The zero-order chi connectivity index (χ0) is 19.2. The number of rotatable bonds is 7. The number of fused-ring (bicyclic) bond motifs is 1. The van der Waals surface area contributed by atoms with Gasteiger partial charge in [0.25, 0.3) is 0 Å². The van der Waals surface area contributed by atoms with Crippen molar-refractivity contribution in [2.75, 3.05) is 11.1 Å². The van der Waals surface area contributed by atoms with Crippen molar-refractivity contribution in [3.63, 3.8) is 0 Å². The van der Waals surface area contributed by atoms with E-state index in [4.69, 9.17) is 0 Å². The van der Waals surface area contributed by atoms with Gasteiger partial charge in [-0.2, -0.15) is 0 Å². The zero-order valence-electron chi connectivity index (χ0n) is 15.4. The van der Waals surface area contributed by atoms with Crippen LogP contribution < -0.4 is 5.32 Å². The third kappa shape index (κ3) is 5.17. The Hall–Kier alpha value is -2.66. The molecule has 138 valence electrons. The first kappa shape index (κ1) is 19.1. The van der Waals surface area contributed by atoms with Gasteiger partial charge in [0.15, 0.2) is 5.78 Å². The lowest BCUT2D eigenvalue weighted by atomic mass is 10.1. The molecule has 1 N–H and O–H groups in total. The molecule has 0 saturated heterocycles. The molecular formula is C22H22N2O2S. The number of benzene rings is 2. The van der Waals surface area contributed by atoms with Crippen molar-refractivity contribution in [1.29, 1.82) is 0 Å². The SMILES string of the molecule is CC(C)CC(=O)Nc1ccc(C(=O)CSc2ccnc3ccccc23)cc1. The summed E-state index contributed by atoms with van der Waals surface area (Å²) in [5.41, 5.74) is 2.28. The Balaban J connectivity index is 1.62. The number of carbonyl (C=O) groups is 2. The number of nitrogens with zero attached hydrogens (tertiary/aromatic N) is 1. The predicted octanol–water partition coefficient (Wildman–Crippen LogP) is 5.19. The molecule has 0 fully saturated rings. The standard InChI is InChI=1S/C22H22N2O2S/c1-15(2)13-22(26)24-17-9-7-16(8-10-17)20(25)14-27-21-11-12-23-19-6-4-3-5-18(19)21/h3-12,15H,13-14H2,1-2H3,(H,24,26). The second-order valence-electron chi connectivity index (χ2n) is 6.76. The van der Waals surface area contributed by atoms with Crippen LogP contribution in [0, 0.1) is 5.92 Å². The van der Waals surface area contributed by atoms with Crippen LogP contribution in [0.2, 0.25) is 0 Å². The molecule has 0 atom stereocenters. The first-order valence-electron chi connectivity index (χ1n) is 8.92. The largest absolute Gasteiger partial charge is 0.326 e. The molecule has 0 spiro atoms. The van der Waals surface area contributed by atoms with Gasteiger partial charge in [-0.15, -0.1) is 11.8 Å². The molecule has 3 aromatic rings. The lowest BCUT2D eigenvalue weighted by Crippen LogP contribution is -2.14. The number of pyridine rings is 1. The fourth-order valence-electron chi connectivity index (χ4n) is 2.74. The molecule has 27 heavy (non-hydrogen) atoms. The molecule has 0 aliphatic carbocycles. The van der Waals surface area contributed by atoms with Crippen LogP contribution in [0.3, 0.4) is 0 Å². The second kappa shape index (κ2) is 8.82. The smallest absolute Gasteiger partial charge is 0.224 e. The van der Waals surface area contributed by atoms with E-state index in [0.717, 1.165) is 15.8 Å². The number of thioether (sulfide) groups is 1. The summed E-state index contributed by atoms with van der Waals surface area (Å²) in [4.78, 5) is 29.7. The summed E-state index contributed by atoms with van der Waals surface area (Å²) in [5, 5.41) is 3.91. The van der Waals surface area contributed by atoms with Crippen molar-refractivity contribution in [2.45, 2.75) is 25.2 Å². The monoisotopic (exact) mass is 378 g/mol. The van der Waals surface area contributed by atoms with Gasteiger partial charge in [-0.1, -0.05) is 32.0 Å². The Bertz CT molecular complexity index is 947. The molecule has 0 aliphatic heterocycles. The van der Waals surface area contributed by atoms with Crippen molar-refractivity contribution in [2.24, 2.45) is 5.92 Å². The van der Waals surface area contributed by atoms with E-state index in [-0.39, 0.29) is 11.7 Å². The minimum Gasteiger partial charge on any atom is -0.326 e. The highest BCUT2D eigenvalue weighted by Crippen LogP contribution is 2.27. The van der Waals surface area contributed by atoms with Crippen LogP contribution in [-0.2, 0) is 4.79 Å². The van der Waals surface area contributed by atoms with E-state index in [1.54, 1.807) is 30.5 Å². The Labute approximate surface area is 163 Å². The average molecular weight is 378 g/mol. The van der Waals surface area contributed by atoms with Crippen molar-refractivity contribution in [3.8, 4) is 0 Å². The summed E-state index contributed by atoms with van der Waals surface area (Å²) in [6.07, 6.45) is 2.25. The fraction of sp³-hybridized carbons (Fsp3) is 0.227. The normalized spacial score (nSPS) is 10.9. The minimum atomic E-state index is -0.0100. The predicted molar refractivity (Wildman–Crippen MR) is 111 cm³/mol. The molecule has 2 aromatic carbocycles. The Morgan fingerprint density at radius 2 is 1.78 bits per heavy atom. The van der Waals surface area contributed by atoms with Gasteiger partial charge in [-0.3, -0.25) is 14.6 Å². The van der Waals surface area contributed by atoms with Crippen molar-refractivity contribution in [3.05, 3.63) is 66.4 Å². The number of carbonyl (C=O) groups excluding carboxylic acids is 2. The van der Waals surface area contributed by atoms with Crippen molar-refractivity contribution in [1.82, 2.24) is 4.98 Å². The Morgan fingerprint density at radius 1 is 1.04 bits per heavy atom. The molecule has 5 heteroatoms. The number of ketones is 1. The highest BCUT2D eigenvalue weighted by atomic mass is 32.2.